The van der Waals surface area contributed by atoms with Crippen molar-refractivity contribution >= 4 is 15.8 Å². The van der Waals surface area contributed by atoms with Gasteiger partial charge in [0.15, 0.2) is 15.6 Å². The van der Waals surface area contributed by atoms with Crippen LogP contribution in [0.1, 0.15) is 30.9 Å². The van der Waals surface area contributed by atoms with Crippen LogP contribution in [0.2, 0.25) is 0 Å². The number of carbonyl (C=O) groups is 1. The number of esters is 1. The zero-order valence-corrected chi connectivity index (χ0v) is 17.9. The molecule has 3 rings (SSSR count). The Kier molecular flexibility index (Phi) is 6.98. The minimum atomic E-state index is -3.73. The Bertz CT molecular complexity index is 895. The molecule has 0 saturated carbocycles. The summed E-state index contributed by atoms with van der Waals surface area (Å²) < 4.78 is 43.2. The summed E-state index contributed by atoms with van der Waals surface area (Å²) in [4.78, 5) is 12.7. The smallest absolute Gasteiger partial charge is 0.335 e. The SMILES string of the molecule is CCOC(=O)C1=CC2(CCC1S(=O)(=O)Cc1ccccc1C)O[C@H](CO)[C@@H](CO)O2. The normalized spacial score (nSPS) is 25.9. The monoisotopic (exact) mass is 440 g/mol. The van der Waals surface area contributed by atoms with Gasteiger partial charge in [0.2, 0.25) is 0 Å². The van der Waals surface area contributed by atoms with E-state index in [1.807, 2.05) is 19.1 Å². The van der Waals surface area contributed by atoms with Gasteiger partial charge < -0.3 is 24.4 Å². The maximum absolute atomic E-state index is 13.3. The molecule has 1 aliphatic heterocycles. The average Bonchev–Trinajstić information content (AvgIpc) is 3.06. The third kappa shape index (κ3) is 4.60. The molecule has 1 aromatic carbocycles. The van der Waals surface area contributed by atoms with Crippen molar-refractivity contribution in [1.82, 2.24) is 0 Å². The fraction of sp³-hybridized carbons (Fsp3) is 0.571. The molecule has 1 aliphatic carbocycles. The fourth-order valence-electron chi connectivity index (χ4n) is 3.94. The lowest BCUT2D eigenvalue weighted by Gasteiger charge is -2.33. The van der Waals surface area contributed by atoms with Crippen LogP contribution in [-0.2, 0) is 34.6 Å². The molecule has 1 heterocycles. The van der Waals surface area contributed by atoms with Gasteiger partial charge >= 0.3 is 5.97 Å². The van der Waals surface area contributed by atoms with Gasteiger partial charge in [-0.15, -0.1) is 0 Å². The standard InChI is InChI=1S/C21H28O8S/c1-3-27-20(24)16-10-21(28-17(11-22)18(12-23)29-21)9-8-19(16)30(25,26)13-15-7-5-4-6-14(15)2/h4-7,10,17-19,22-23H,3,8-9,11-13H2,1-2H3/t17-,18-,19?/m1/s1. The van der Waals surface area contributed by atoms with Crippen LogP contribution in [-0.4, -0.2) is 67.7 Å². The van der Waals surface area contributed by atoms with E-state index in [0.717, 1.165) is 5.56 Å². The number of aryl methyl sites for hydroxylation is 1. The second kappa shape index (κ2) is 9.15. The molecule has 8 nitrogen and oxygen atoms in total. The number of rotatable bonds is 7. The summed E-state index contributed by atoms with van der Waals surface area (Å²) in [6.45, 7) is 2.83. The number of ether oxygens (including phenoxy) is 3. The molecule has 0 bridgehead atoms. The molecule has 3 atom stereocenters. The van der Waals surface area contributed by atoms with Gasteiger partial charge in [-0.3, -0.25) is 0 Å². The first kappa shape index (κ1) is 22.9. The lowest BCUT2D eigenvalue weighted by atomic mass is 9.94. The molecule has 2 N–H and O–H groups in total. The quantitative estimate of drug-likeness (QED) is 0.604. The van der Waals surface area contributed by atoms with Gasteiger partial charge in [0.05, 0.1) is 36.4 Å². The Hall–Kier alpha value is -1.78. The predicted octanol–water partition coefficient (Wildman–Crippen LogP) is 1.03. The highest BCUT2D eigenvalue weighted by Gasteiger charge is 2.51. The van der Waals surface area contributed by atoms with E-state index in [-0.39, 0.29) is 44.0 Å². The van der Waals surface area contributed by atoms with Crippen LogP contribution < -0.4 is 0 Å². The van der Waals surface area contributed by atoms with Crippen molar-refractivity contribution in [2.24, 2.45) is 0 Å². The molecule has 1 fully saturated rings. The Balaban J connectivity index is 1.95. The highest BCUT2D eigenvalue weighted by atomic mass is 32.2. The van der Waals surface area contributed by atoms with Gasteiger partial charge in [-0.05, 0) is 37.5 Å². The number of aliphatic hydroxyl groups excluding tert-OH is 2. The van der Waals surface area contributed by atoms with Crippen molar-refractivity contribution in [3.8, 4) is 0 Å². The molecule has 30 heavy (non-hydrogen) atoms. The summed E-state index contributed by atoms with van der Waals surface area (Å²) >= 11 is 0. The predicted molar refractivity (Wildman–Crippen MR) is 108 cm³/mol. The van der Waals surface area contributed by atoms with Crippen LogP contribution in [0.15, 0.2) is 35.9 Å². The Labute approximate surface area is 176 Å². The summed E-state index contributed by atoms with van der Waals surface area (Å²) in [7, 11) is -3.73. The van der Waals surface area contributed by atoms with E-state index >= 15 is 0 Å². The highest BCUT2D eigenvalue weighted by molar-refractivity contribution is 7.91. The van der Waals surface area contributed by atoms with E-state index in [0.29, 0.717) is 5.56 Å². The van der Waals surface area contributed by atoms with Crippen molar-refractivity contribution in [3.05, 3.63) is 47.0 Å². The van der Waals surface area contributed by atoms with Crippen molar-refractivity contribution in [3.63, 3.8) is 0 Å². The zero-order chi connectivity index (χ0) is 21.9. The first-order valence-corrected chi connectivity index (χ1v) is 11.7. The largest absolute Gasteiger partial charge is 0.463 e. The lowest BCUT2D eigenvalue weighted by molar-refractivity contribution is -0.154. The number of aliphatic hydroxyl groups is 2. The third-order valence-electron chi connectivity index (χ3n) is 5.52. The van der Waals surface area contributed by atoms with Crippen LogP contribution in [0.4, 0.5) is 0 Å². The number of benzene rings is 1. The molecule has 0 aromatic heterocycles. The lowest BCUT2D eigenvalue weighted by Crippen LogP contribution is -2.41. The Morgan fingerprint density at radius 2 is 1.83 bits per heavy atom. The molecule has 1 spiro atoms. The fourth-order valence-corrected chi connectivity index (χ4v) is 5.93. The van der Waals surface area contributed by atoms with Crippen molar-refractivity contribution < 1.29 is 37.6 Å². The first-order valence-electron chi connectivity index (χ1n) is 9.98. The molecule has 1 unspecified atom stereocenters. The summed E-state index contributed by atoms with van der Waals surface area (Å²) in [6, 6.07) is 7.21. The van der Waals surface area contributed by atoms with Gasteiger partial charge in [-0.1, -0.05) is 24.3 Å². The van der Waals surface area contributed by atoms with Gasteiger partial charge in [0.1, 0.15) is 12.2 Å². The molecule has 166 valence electrons. The van der Waals surface area contributed by atoms with Gasteiger partial charge in [-0.25, -0.2) is 13.2 Å². The van der Waals surface area contributed by atoms with Crippen molar-refractivity contribution in [2.75, 3.05) is 19.8 Å². The minimum absolute atomic E-state index is 0.0352. The second-order valence-corrected chi connectivity index (χ2v) is 9.75. The highest BCUT2D eigenvalue weighted by Crippen LogP contribution is 2.41. The molecule has 2 aliphatic rings. The van der Waals surface area contributed by atoms with Crippen LogP contribution in [0.3, 0.4) is 0 Å². The molecule has 0 amide bonds. The first-order chi connectivity index (χ1) is 14.2. The topological polar surface area (TPSA) is 119 Å². The van der Waals surface area contributed by atoms with E-state index in [1.165, 1.54) is 6.08 Å². The summed E-state index contributed by atoms with van der Waals surface area (Å²) in [5.74, 6) is -2.32. The van der Waals surface area contributed by atoms with Gasteiger partial charge in [0.25, 0.3) is 0 Å². The van der Waals surface area contributed by atoms with E-state index in [9.17, 15) is 23.4 Å². The average molecular weight is 441 g/mol. The summed E-state index contributed by atoms with van der Waals surface area (Å²) in [5, 5.41) is 17.9. The molecule has 9 heteroatoms. The molecular formula is C21H28O8S. The van der Waals surface area contributed by atoms with E-state index in [1.54, 1.807) is 19.1 Å². The minimum Gasteiger partial charge on any atom is -0.463 e. The molecule has 0 radical (unpaired) electrons. The van der Waals surface area contributed by atoms with E-state index in [2.05, 4.69) is 0 Å². The maximum atomic E-state index is 13.3. The molecule has 1 aromatic rings. The zero-order valence-electron chi connectivity index (χ0n) is 17.1. The van der Waals surface area contributed by atoms with Crippen LogP contribution >= 0.6 is 0 Å². The summed E-state index contributed by atoms with van der Waals surface area (Å²) in [5.41, 5.74) is 1.50. The maximum Gasteiger partial charge on any atom is 0.335 e. The molecular weight excluding hydrogens is 412 g/mol. The Morgan fingerprint density at radius 1 is 1.20 bits per heavy atom. The van der Waals surface area contributed by atoms with Gasteiger partial charge in [0, 0.05) is 6.42 Å². The van der Waals surface area contributed by atoms with Gasteiger partial charge in [-0.2, -0.15) is 0 Å². The number of hydrogen-bond donors (Lipinski definition) is 2. The van der Waals surface area contributed by atoms with Crippen molar-refractivity contribution in [2.45, 2.75) is 55.7 Å². The number of carbonyl (C=O) groups excluding carboxylic acids is 1. The van der Waals surface area contributed by atoms with Crippen LogP contribution in [0, 0.1) is 6.92 Å². The number of sulfone groups is 1. The third-order valence-corrected chi connectivity index (χ3v) is 7.59. The van der Waals surface area contributed by atoms with Crippen molar-refractivity contribution in [1.29, 1.82) is 0 Å². The van der Waals surface area contributed by atoms with Crippen LogP contribution in [0.5, 0.6) is 0 Å². The van der Waals surface area contributed by atoms with E-state index < -0.39 is 39.1 Å². The number of hydrogen-bond acceptors (Lipinski definition) is 8. The molecule has 1 saturated heterocycles. The van der Waals surface area contributed by atoms with E-state index in [4.69, 9.17) is 14.2 Å². The second-order valence-electron chi connectivity index (χ2n) is 7.57. The summed E-state index contributed by atoms with van der Waals surface area (Å²) in [6.07, 6.45) is 0.0763. The Morgan fingerprint density at radius 3 is 2.40 bits per heavy atom. The van der Waals surface area contributed by atoms with Crippen LogP contribution in [0.25, 0.3) is 0 Å².